The summed E-state index contributed by atoms with van der Waals surface area (Å²) in [6.45, 7) is 7.64. The van der Waals surface area contributed by atoms with Gasteiger partial charge >= 0.3 is 0 Å². The number of aliphatic hydroxyl groups is 6. The fraction of sp³-hybridized carbons (Fsp3) is 0.505. The third kappa shape index (κ3) is 20.2. The number of fused-ring (bicyclic) bond motifs is 15. The molecule has 0 aromatic heterocycles. The van der Waals surface area contributed by atoms with Crippen LogP contribution in [-0.4, -0.2) is 198 Å². The maximum absolute atomic E-state index is 16.9. The van der Waals surface area contributed by atoms with E-state index in [1.54, 1.807) is 6.92 Å². The number of ketones is 3. The van der Waals surface area contributed by atoms with Gasteiger partial charge in [0.15, 0.2) is 52.7 Å². The van der Waals surface area contributed by atoms with Crippen LogP contribution in [0.1, 0.15) is 180 Å². The molecule has 2 saturated heterocycles. The topological polar surface area (TPSA) is 548 Å². The van der Waals surface area contributed by atoms with E-state index in [1.807, 2.05) is 13.8 Å². The number of Topliss-reactive ketones (excluding diaryl/α,β-unsaturated/α-hetero) is 3. The number of hydrogen-bond acceptors (Lipinski definition) is 29. The summed E-state index contributed by atoms with van der Waals surface area (Å²) in [6.07, 6.45) is -15.9. The lowest BCUT2D eigenvalue weighted by molar-refractivity contribution is -0.333. The lowest BCUT2D eigenvalue weighted by atomic mass is 9.51. The molecule has 34 nitrogen and oxygen atoms in total. The van der Waals surface area contributed by atoms with E-state index in [-0.39, 0.29) is 136 Å². The predicted octanol–water partition coefficient (Wildman–Crippen LogP) is 6.61. The molecule has 0 spiro atoms. The highest BCUT2D eigenvalue weighted by Crippen LogP contribution is 2.59. The van der Waals surface area contributed by atoms with Gasteiger partial charge in [-0.05, 0) is 195 Å². The Balaban J connectivity index is 0.967. The zero-order valence-corrected chi connectivity index (χ0v) is 72.0. The van der Waals surface area contributed by atoms with Gasteiger partial charge in [0.1, 0.15) is 96.6 Å². The van der Waals surface area contributed by atoms with Crippen LogP contribution in [0.5, 0.6) is 57.5 Å². The molecular weight excluding hydrogens is 1690 g/mol. The number of aliphatic hydroxyl groups excluding tert-OH is 6. The van der Waals surface area contributed by atoms with Gasteiger partial charge in [0.2, 0.25) is 41.6 Å². The molecule has 20 N–H and O–H groups in total. The van der Waals surface area contributed by atoms with Crippen LogP contribution in [0.2, 0.25) is 10.0 Å². The number of phenolic OH excluding ortho intramolecular Hbond substituents is 3. The third-order valence-electron chi connectivity index (χ3n) is 25.7. The number of halogens is 2. The number of nitrogens with one attached hydrogen (secondary N) is 5. The first kappa shape index (κ1) is 93.0. The van der Waals surface area contributed by atoms with Crippen molar-refractivity contribution in [3.05, 3.63) is 140 Å². The van der Waals surface area contributed by atoms with E-state index in [0.29, 0.717) is 18.3 Å². The fourth-order valence-corrected chi connectivity index (χ4v) is 19.9. The maximum atomic E-state index is 16.9. The molecule has 6 amide bonds. The Morgan fingerprint density at radius 3 is 1.92 bits per heavy atom. The zero-order valence-electron chi connectivity index (χ0n) is 70.5. The van der Waals surface area contributed by atoms with E-state index < -0.39 is 233 Å². The number of hydrogen-bond donors (Lipinski definition) is 17. The Hall–Kier alpha value is -10.2. The monoisotopic (exact) mass is 1800 g/mol. The summed E-state index contributed by atoms with van der Waals surface area (Å²) in [7, 11) is 0. The minimum atomic E-state index is -2.28. The molecule has 0 radical (unpaired) electrons. The average Bonchev–Trinajstić information content (AvgIpc) is 0.755. The van der Waals surface area contributed by atoms with Crippen molar-refractivity contribution in [1.29, 1.82) is 0 Å². The van der Waals surface area contributed by atoms with Crippen molar-refractivity contribution in [3.8, 4) is 68.6 Å². The summed E-state index contributed by atoms with van der Waals surface area (Å²) in [4.78, 5) is 141. The van der Waals surface area contributed by atoms with Gasteiger partial charge in [-0.15, -0.1) is 0 Å². The summed E-state index contributed by atoms with van der Waals surface area (Å²) in [5, 5.41) is 120. The number of ether oxygens (including phenoxy) is 8. The van der Waals surface area contributed by atoms with Crippen LogP contribution in [0.15, 0.2) is 97.1 Å². The number of phenols is 3. The van der Waals surface area contributed by atoms with E-state index >= 15 is 28.8 Å². The number of imide groups is 1. The number of nitrogens with two attached hydrogens (primary N) is 3. The Labute approximate surface area is 741 Å². The smallest absolute Gasteiger partial charge is 0.257 e. The Morgan fingerprint density at radius 2 is 1.31 bits per heavy atom. The Morgan fingerprint density at radius 1 is 0.669 bits per heavy atom. The largest absolute Gasteiger partial charge is 0.508 e. The molecule has 18 atom stereocenters. The molecule has 127 heavy (non-hydrogen) atoms. The van der Waals surface area contributed by atoms with Gasteiger partial charge in [-0.25, -0.2) is 0 Å². The first-order valence-corrected chi connectivity index (χ1v) is 43.6. The first-order valence-electron chi connectivity index (χ1n) is 42.9. The standard InChI is InChI=1S/C91H108Cl2N8O26/c1-6-43(19-39(2)3)85(115)100-76-61(106)28-51(32-71(109)97-86(116)47-10-14-66(120-17-15-94)67(29-47)121-18-16-95)87(117)98-74-50-30-68(123-64-12-8-45(78(76)110)26-57(64)92)82(127-90-83(81(113)80(112)70(38-102)125-90)126-72-37-91(5,96)84(114)40(4)122-72)69(31-50)124-65-13-9-46(27-58(65)93)79(111)77-89(119)99-75(63(108)35-53-48-21-41-20-42(23-48)24-49(53)22-41)56-33-52(103)34-60(105)73(56)55-25-44(7-11-59(55)104)54(36-62(74)107)88(118)101-77/h7-14,25-27,29-31,33-34,39-43,48-49,51,53-54,70,72,74-81,83-84,90,102-105,110-114H,6,15-24,28,32,35-38,94-96H2,1-5H3,(H,98,117)(H,99,119)(H,100,115)(H,101,118)(H,97,109,116)/t40-,41?,42?,43+,48?,49?,51-,53?,54+,70+,72-,74+,75-,76-,77-,78+,79+,80+,81-,83+,84+,90-,91-/m0/s1. The molecule has 6 aromatic carbocycles. The molecule has 4 aliphatic carbocycles. The molecule has 6 aromatic rings. The van der Waals surface area contributed by atoms with Crippen molar-refractivity contribution in [2.24, 2.45) is 64.5 Å². The predicted molar refractivity (Wildman–Crippen MR) is 454 cm³/mol. The summed E-state index contributed by atoms with van der Waals surface area (Å²) >= 11 is 14.6. The van der Waals surface area contributed by atoms with E-state index in [2.05, 4.69) is 26.6 Å². The summed E-state index contributed by atoms with van der Waals surface area (Å²) < 4.78 is 50.8. The van der Waals surface area contributed by atoms with E-state index in [4.69, 9.17) is 78.3 Å². The normalized spacial score (nSPS) is 30.2. The van der Waals surface area contributed by atoms with Crippen molar-refractivity contribution in [3.63, 3.8) is 0 Å². The molecule has 0 unspecified atom stereocenters. The average molecular weight is 1800 g/mol. The minimum Gasteiger partial charge on any atom is -0.508 e. The van der Waals surface area contributed by atoms with E-state index in [9.17, 15) is 60.3 Å². The lowest BCUT2D eigenvalue weighted by Crippen LogP contribution is -2.64. The molecule has 7 aliphatic heterocycles. The quantitative estimate of drug-likeness (QED) is 0.0340. The van der Waals surface area contributed by atoms with Gasteiger partial charge in [0.25, 0.3) is 5.91 Å². The molecule has 7 heterocycles. The highest BCUT2D eigenvalue weighted by molar-refractivity contribution is 6.32. The van der Waals surface area contributed by atoms with Crippen LogP contribution in [0.3, 0.4) is 0 Å². The Bertz CT molecular complexity index is 5160. The minimum absolute atomic E-state index is 0.0254. The van der Waals surface area contributed by atoms with Crippen molar-refractivity contribution >= 4 is 76.0 Å². The summed E-state index contributed by atoms with van der Waals surface area (Å²) in [6, 6.07) is 10.8. The van der Waals surface area contributed by atoms with Crippen LogP contribution in [0.25, 0.3) is 11.1 Å². The van der Waals surface area contributed by atoms with Gasteiger partial charge < -0.3 is 122 Å². The second-order valence-electron chi connectivity index (χ2n) is 35.3. The molecule has 6 fully saturated rings. The van der Waals surface area contributed by atoms with Crippen molar-refractivity contribution in [2.75, 3.05) is 32.9 Å². The van der Waals surface area contributed by atoms with Crippen molar-refractivity contribution in [2.45, 2.75) is 209 Å². The highest BCUT2D eigenvalue weighted by Gasteiger charge is 2.53. The zero-order chi connectivity index (χ0) is 91.0. The number of carbonyl (C=O) groups excluding carboxylic acids is 9. The molecule has 17 rings (SSSR count). The van der Waals surface area contributed by atoms with Crippen LogP contribution >= 0.6 is 23.2 Å². The summed E-state index contributed by atoms with van der Waals surface area (Å²) in [5.74, 6) is -17.5. The van der Waals surface area contributed by atoms with Gasteiger partial charge in [-0.1, -0.05) is 62.2 Å². The van der Waals surface area contributed by atoms with Crippen LogP contribution in [0, 0.1) is 47.3 Å². The van der Waals surface area contributed by atoms with Crippen LogP contribution < -0.4 is 67.5 Å². The maximum Gasteiger partial charge on any atom is 0.257 e. The molecule has 682 valence electrons. The van der Waals surface area contributed by atoms with Gasteiger partial charge in [-0.2, -0.15) is 0 Å². The molecule has 4 saturated carbocycles. The fourth-order valence-electron chi connectivity index (χ4n) is 19.5. The van der Waals surface area contributed by atoms with Crippen LogP contribution in [0.4, 0.5) is 0 Å². The SMILES string of the molecule is CC[C@H](CC(C)C)C(=O)N[C@H]1C(=O)C[C@@H](CC(=O)NC(=O)c2ccc(OCCN)c(OCCN)c2)C(=O)N[C@H]2C(=O)C[C@H]3C(=O)N[C@H](C(=O)N[C@H](C(=O)CC4C5CC6CC(C5)CC4C6)c4cc(O)cc(O)c4-c4cc3ccc4O)[C@H](O)c3ccc(c(Cl)c3)Oc3cc2cc(c3O[C@@H]2O[C@H](CO)[C@@H](O)[C@H](O)[C@H]2O[C@H]2C[C@](C)(N)[C@H](O)[C@H](C)O2)Oc2ccc(cc2Cl)[C@H]1O. The third-order valence-corrected chi connectivity index (χ3v) is 26.3. The van der Waals surface area contributed by atoms with E-state index in [1.165, 1.54) is 74.5 Å². The second kappa shape index (κ2) is 39.0. The van der Waals surface area contributed by atoms with Crippen molar-refractivity contribution < 1.29 is 127 Å². The van der Waals surface area contributed by atoms with Crippen LogP contribution in [-0.2, 0) is 52.6 Å². The van der Waals surface area contributed by atoms with Gasteiger partial charge in [0.05, 0.1) is 40.7 Å². The number of carbonyl (C=O) groups is 9. The molecule has 11 aliphatic rings. The van der Waals surface area contributed by atoms with E-state index in [0.717, 1.165) is 68.5 Å². The number of amides is 6. The number of rotatable bonds is 22. The summed E-state index contributed by atoms with van der Waals surface area (Å²) in [5.41, 5.74) is 14.7. The number of benzene rings is 6. The van der Waals surface area contributed by atoms with Crippen molar-refractivity contribution in [1.82, 2.24) is 26.6 Å². The molecular formula is C91H108Cl2N8O26. The van der Waals surface area contributed by atoms with Gasteiger partial charge in [0, 0.05) is 79.4 Å². The molecule has 36 heteroatoms. The Kier molecular flexibility index (Phi) is 28.6. The molecule has 15 bridgehead atoms. The first-order chi connectivity index (χ1) is 60.5. The van der Waals surface area contributed by atoms with Gasteiger partial charge in [-0.3, -0.25) is 48.5 Å². The lowest BCUT2D eigenvalue weighted by Gasteiger charge is -2.54. The highest BCUT2D eigenvalue weighted by atomic mass is 35.5. The number of aromatic hydroxyl groups is 3. The second-order valence-corrected chi connectivity index (χ2v) is 36.2.